The second-order valence-electron chi connectivity index (χ2n) is 6.99. The fourth-order valence-corrected chi connectivity index (χ4v) is 3.58. The quantitative estimate of drug-likeness (QED) is 0.887. The van der Waals surface area contributed by atoms with E-state index >= 15 is 0 Å². The van der Waals surface area contributed by atoms with Gasteiger partial charge in [0.2, 0.25) is 5.91 Å². The highest BCUT2D eigenvalue weighted by molar-refractivity contribution is 5.80. The highest BCUT2D eigenvalue weighted by atomic mass is 16.1. The van der Waals surface area contributed by atoms with E-state index < -0.39 is 0 Å². The van der Waals surface area contributed by atoms with E-state index in [-0.39, 0.29) is 5.91 Å². The third-order valence-corrected chi connectivity index (χ3v) is 5.08. The molecule has 1 N–H and O–H groups in total. The molecule has 1 heterocycles. The Morgan fingerprint density at radius 3 is 2.92 bits per heavy atom. The van der Waals surface area contributed by atoms with E-state index in [4.69, 9.17) is 0 Å². The number of likely N-dealkylation sites (N-methyl/N-ethyl adjacent to an activating group) is 1. The first-order valence-electron chi connectivity index (χ1n) is 9.02. The third-order valence-electron chi connectivity index (χ3n) is 5.08. The first-order chi connectivity index (χ1) is 11.6. The molecule has 0 saturated heterocycles. The number of rotatable bonds is 6. The highest BCUT2D eigenvalue weighted by Crippen LogP contribution is 2.21. The zero-order valence-corrected chi connectivity index (χ0v) is 14.8. The smallest absolute Gasteiger partial charge is 0.240 e. The summed E-state index contributed by atoms with van der Waals surface area (Å²) in [4.78, 5) is 19.0. The van der Waals surface area contributed by atoms with Gasteiger partial charge in [0.1, 0.15) is 6.54 Å². The first-order valence-corrected chi connectivity index (χ1v) is 9.02. The van der Waals surface area contributed by atoms with E-state index in [1.54, 1.807) is 6.33 Å². The largest absolute Gasteiger partial charge is 0.353 e. The minimum absolute atomic E-state index is 0.0489. The molecule has 1 amide bonds. The maximum absolute atomic E-state index is 12.2. The predicted octanol–water partition coefficient (Wildman–Crippen LogP) is 2.73. The minimum atomic E-state index is 0.0489. The lowest BCUT2D eigenvalue weighted by Gasteiger charge is -2.31. The molecule has 5 nitrogen and oxygen atoms in total. The van der Waals surface area contributed by atoms with Crippen molar-refractivity contribution in [2.45, 2.75) is 51.6 Å². The minimum Gasteiger partial charge on any atom is -0.353 e. The number of nitrogens with zero attached hydrogens (tertiary/aromatic N) is 3. The standard InChI is InChI=1S/C19H28N4O/c1-15-8-9-17-18(12-15)23(14-21-17)13-19(24)20-10-11-22(2)16-6-4-3-5-7-16/h8-9,12,14,16H,3-7,10-11,13H2,1-2H3,(H,20,24). The molecule has 1 aromatic heterocycles. The van der Waals surface area contributed by atoms with Crippen molar-refractivity contribution < 1.29 is 4.79 Å². The number of benzene rings is 1. The number of fused-ring (bicyclic) bond motifs is 1. The second kappa shape index (κ2) is 7.79. The molecular formula is C19H28N4O. The fourth-order valence-electron chi connectivity index (χ4n) is 3.58. The molecule has 1 aromatic carbocycles. The second-order valence-corrected chi connectivity index (χ2v) is 6.99. The number of carbonyl (C=O) groups excluding carboxylic acids is 1. The number of hydrogen-bond donors (Lipinski definition) is 1. The number of carbonyl (C=O) groups is 1. The van der Waals surface area contributed by atoms with E-state index in [0.717, 1.165) is 17.6 Å². The van der Waals surface area contributed by atoms with Gasteiger partial charge >= 0.3 is 0 Å². The average Bonchev–Trinajstić information content (AvgIpc) is 2.97. The molecule has 24 heavy (non-hydrogen) atoms. The first kappa shape index (κ1) is 17.0. The monoisotopic (exact) mass is 328 g/mol. The number of nitrogens with one attached hydrogen (secondary N) is 1. The van der Waals surface area contributed by atoms with Gasteiger partial charge in [0.25, 0.3) is 0 Å². The Bertz CT molecular complexity index is 688. The molecule has 0 spiro atoms. The number of imidazole rings is 1. The molecule has 1 saturated carbocycles. The van der Waals surface area contributed by atoms with Crippen molar-refractivity contribution in [1.29, 1.82) is 0 Å². The van der Waals surface area contributed by atoms with Gasteiger partial charge in [-0.1, -0.05) is 25.3 Å². The fraction of sp³-hybridized carbons (Fsp3) is 0.579. The van der Waals surface area contributed by atoms with Crippen LogP contribution in [0.4, 0.5) is 0 Å². The van der Waals surface area contributed by atoms with Gasteiger partial charge in [-0.05, 0) is 44.5 Å². The molecule has 2 aromatic rings. The Labute approximate surface area is 144 Å². The normalized spacial score (nSPS) is 16.0. The van der Waals surface area contributed by atoms with E-state index in [0.29, 0.717) is 19.1 Å². The van der Waals surface area contributed by atoms with E-state index in [1.165, 1.54) is 37.7 Å². The zero-order valence-electron chi connectivity index (χ0n) is 14.8. The van der Waals surface area contributed by atoms with Crippen molar-refractivity contribution in [2.24, 2.45) is 0 Å². The Morgan fingerprint density at radius 1 is 1.33 bits per heavy atom. The van der Waals surface area contributed by atoms with Crippen LogP contribution in [-0.4, -0.2) is 46.5 Å². The van der Waals surface area contributed by atoms with Crippen LogP contribution in [0.15, 0.2) is 24.5 Å². The summed E-state index contributed by atoms with van der Waals surface area (Å²) < 4.78 is 1.92. The molecule has 3 rings (SSSR count). The van der Waals surface area contributed by atoms with E-state index in [9.17, 15) is 4.79 Å². The van der Waals surface area contributed by atoms with Gasteiger partial charge < -0.3 is 14.8 Å². The molecule has 1 aliphatic carbocycles. The van der Waals surface area contributed by atoms with Crippen molar-refractivity contribution in [3.05, 3.63) is 30.1 Å². The van der Waals surface area contributed by atoms with Crippen molar-refractivity contribution in [3.63, 3.8) is 0 Å². The molecule has 5 heteroatoms. The lowest BCUT2D eigenvalue weighted by atomic mass is 9.94. The molecule has 0 aliphatic heterocycles. The summed E-state index contributed by atoms with van der Waals surface area (Å²) >= 11 is 0. The summed E-state index contributed by atoms with van der Waals surface area (Å²) in [6.07, 6.45) is 8.40. The number of amides is 1. The van der Waals surface area contributed by atoms with Gasteiger partial charge in [0, 0.05) is 19.1 Å². The van der Waals surface area contributed by atoms with Crippen molar-refractivity contribution in [2.75, 3.05) is 20.1 Å². The van der Waals surface area contributed by atoms with Crippen molar-refractivity contribution in [3.8, 4) is 0 Å². The van der Waals surface area contributed by atoms with Gasteiger partial charge in [-0.3, -0.25) is 4.79 Å². The van der Waals surface area contributed by atoms with Crippen LogP contribution >= 0.6 is 0 Å². The van der Waals surface area contributed by atoms with Crippen molar-refractivity contribution >= 4 is 16.9 Å². The van der Waals surface area contributed by atoms with Crippen LogP contribution in [0.3, 0.4) is 0 Å². The third kappa shape index (κ3) is 4.15. The lowest BCUT2D eigenvalue weighted by Crippen LogP contribution is -2.40. The molecule has 0 atom stereocenters. The Morgan fingerprint density at radius 2 is 2.12 bits per heavy atom. The molecule has 1 fully saturated rings. The summed E-state index contributed by atoms with van der Waals surface area (Å²) in [6.45, 7) is 4.00. The van der Waals surface area contributed by atoms with Crippen LogP contribution in [0.1, 0.15) is 37.7 Å². The summed E-state index contributed by atoms with van der Waals surface area (Å²) in [6, 6.07) is 6.81. The number of aryl methyl sites for hydroxylation is 1. The molecule has 0 radical (unpaired) electrons. The number of aromatic nitrogens is 2. The van der Waals surface area contributed by atoms with Gasteiger partial charge in [-0.15, -0.1) is 0 Å². The summed E-state index contributed by atoms with van der Waals surface area (Å²) in [5.74, 6) is 0.0489. The van der Waals surface area contributed by atoms with Crippen molar-refractivity contribution in [1.82, 2.24) is 19.8 Å². The van der Waals surface area contributed by atoms with Gasteiger partial charge in [0.15, 0.2) is 0 Å². The van der Waals surface area contributed by atoms with Gasteiger partial charge in [-0.2, -0.15) is 0 Å². The van der Waals surface area contributed by atoms with Gasteiger partial charge in [0.05, 0.1) is 17.4 Å². The Balaban J connectivity index is 1.47. The zero-order chi connectivity index (χ0) is 16.9. The van der Waals surface area contributed by atoms with Crippen LogP contribution in [0.5, 0.6) is 0 Å². The Hall–Kier alpha value is -1.88. The summed E-state index contributed by atoms with van der Waals surface area (Å²) in [5, 5.41) is 3.04. The predicted molar refractivity (Wildman–Crippen MR) is 97.0 cm³/mol. The summed E-state index contributed by atoms with van der Waals surface area (Å²) in [5.41, 5.74) is 3.13. The molecule has 0 bridgehead atoms. The topological polar surface area (TPSA) is 50.2 Å². The lowest BCUT2D eigenvalue weighted by molar-refractivity contribution is -0.121. The van der Waals surface area contributed by atoms with Crippen LogP contribution in [0.25, 0.3) is 11.0 Å². The maximum Gasteiger partial charge on any atom is 0.240 e. The van der Waals surface area contributed by atoms with Crippen LogP contribution in [0, 0.1) is 6.92 Å². The maximum atomic E-state index is 12.2. The molecule has 1 aliphatic rings. The van der Waals surface area contributed by atoms with Crippen LogP contribution < -0.4 is 5.32 Å². The molecule has 130 valence electrons. The van der Waals surface area contributed by atoms with E-state index in [2.05, 4.69) is 35.2 Å². The number of hydrogen-bond acceptors (Lipinski definition) is 3. The molecule has 0 unspecified atom stereocenters. The van der Waals surface area contributed by atoms with Crippen LogP contribution in [-0.2, 0) is 11.3 Å². The van der Waals surface area contributed by atoms with Gasteiger partial charge in [-0.25, -0.2) is 4.98 Å². The summed E-state index contributed by atoms with van der Waals surface area (Å²) in [7, 11) is 2.17. The van der Waals surface area contributed by atoms with Crippen LogP contribution in [0.2, 0.25) is 0 Å². The SMILES string of the molecule is Cc1ccc2ncn(CC(=O)NCCN(C)C3CCCCC3)c2c1. The highest BCUT2D eigenvalue weighted by Gasteiger charge is 2.17. The molecular weight excluding hydrogens is 300 g/mol. The Kier molecular flexibility index (Phi) is 5.51. The average molecular weight is 328 g/mol. The van der Waals surface area contributed by atoms with E-state index in [1.807, 2.05) is 16.7 Å².